The van der Waals surface area contributed by atoms with Crippen LogP contribution in [0.5, 0.6) is 0 Å². The molecule has 3 rings (SSSR count). The minimum absolute atomic E-state index is 0.137. The first-order chi connectivity index (χ1) is 15.1. The van der Waals surface area contributed by atoms with Crippen molar-refractivity contribution in [3.05, 3.63) is 87.7 Å². The fourth-order valence-corrected chi connectivity index (χ4v) is 5.45. The molecule has 0 spiro atoms. The highest BCUT2D eigenvalue weighted by molar-refractivity contribution is 7.89. The fourth-order valence-electron chi connectivity index (χ4n) is 3.85. The number of hydrogen-bond donors (Lipinski definition) is 1. The molecule has 0 saturated heterocycles. The lowest BCUT2D eigenvalue weighted by atomic mass is 10.1. The highest BCUT2D eigenvalue weighted by atomic mass is 32.2. The van der Waals surface area contributed by atoms with Crippen LogP contribution in [0.4, 0.5) is 0 Å². The van der Waals surface area contributed by atoms with Crippen LogP contribution in [-0.2, 0) is 27.8 Å². The first-order valence-corrected chi connectivity index (χ1v) is 12.1. The smallest absolute Gasteiger partial charge is 0.355 e. The first kappa shape index (κ1) is 23.8. The van der Waals surface area contributed by atoms with E-state index in [4.69, 9.17) is 4.74 Å². The SMILES string of the molecule is CCOC(=O)c1[nH]c(C)c(CN(Cc2ccccc2)S(=O)(=O)c2ccc(C)cc2C)c1C. The molecule has 32 heavy (non-hydrogen) atoms. The molecule has 0 atom stereocenters. The Morgan fingerprint density at radius 3 is 2.31 bits per heavy atom. The van der Waals surface area contributed by atoms with Gasteiger partial charge in [-0.1, -0.05) is 48.0 Å². The van der Waals surface area contributed by atoms with E-state index in [2.05, 4.69) is 4.98 Å². The molecule has 1 N–H and O–H groups in total. The molecule has 0 fully saturated rings. The summed E-state index contributed by atoms with van der Waals surface area (Å²) in [5.41, 5.74) is 5.19. The number of aromatic nitrogens is 1. The molecule has 7 heteroatoms. The standard InChI is InChI=1S/C25H30N2O4S/c1-6-31-25(28)24-19(4)22(20(5)26-24)16-27(15-21-10-8-7-9-11-21)32(29,30)23-13-12-17(2)14-18(23)3/h7-14,26H,6,15-16H2,1-5H3. The number of ether oxygens (including phenoxy) is 1. The van der Waals surface area contributed by atoms with Gasteiger partial charge in [0.25, 0.3) is 0 Å². The van der Waals surface area contributed by atoms with E-state index >= 15 is 0 Å². The molecule has 2 aromatic carbocycles. The number of benzene rings is 2. The van der Waals surface area contributed by atoms with Gasteiger partial charge in [0.1, 0.15) is 5.69 Å². The molecule has 3 aromatic rings. The first-order valence-electron chi connectivity index (χ1n) is 10.6. The maximum absolute atomic E-state index is 13.8. The number of rotatable bonds is 8. The Kier molecular flexibility index (Phi) is 7.21. The number of carbonyl (C=O) groups excluding carboxylic acids is 1. The average molecular weight is 455 g/mol. The van der Waals surface area contributed by atoms with E-state index in [-0.39, 0.29) is 24.6 Å². The summed E-state index contributed by atoms with van der Waals surface area (Å²) in [6.07, 6.45) is 0. The molecule has 0 aliphatic carbocycles. The molecule has 0 amide bonds. The quantitative estimate of drug-likeness (QED) is 0.495. The van der Waals surface area contributed by atoms with Crippen LogP contribution < -0.4 is 0 Å². The second kappa shape index (κ2) is 9.71. The molecule has 0 unspecified atom stereocenters. The van der Waals surface area contributed by atoms with Gasteiger partial charge in [0, 0.05) is 18.8 Å². The van der Waals surface area contributed by atoms with E-state index in [0.29, 0.717) is 16.8 Å². The Morgan fingerprint density at radius 1 is 1.00 bits per heavy atom. The van der Waals surface area contributed by atoms with Crippen LogP contribution in [0.2, 0.25) is 0 Å². The van der Waals surface area contributed by atoms with Crippen LogP contribution in [0.25, 0.3) is 0 Å². The van der Waals surface area contributed by atoms with E-state index < -0.39 is 16.0 Å². The number of esters is 1. The Hall–Kier alpha value is -2.90. The summed E-state index contributed by atoms with van der Waals surface area (Å²) in [6.45, 7) is 9.79. The van der Waals surface area contributed by atoms with Crippen molar-refractivity contribution in [1.82, 2.24) is 9.29 Å². The van der Waals surface area contributed by atoms with Gasteiger partial charge in [-0.05, 0) is 62.9 Å². The van der Waals surface area contributed by atoms with Gasteiger partial charge in [-0.15, -0.1) is 0 Å². The van der Waals surface area contributed by atoms with Crippen molar-refractivity contribution in [2.24, 2.45) is 0 Å². The number of aryl methyl sites for hydroxylation is 3. The molecular formula is C25H30N2O4S. The van der Waals surface area contributed by atoms with Crippen molar-refractivity contribution in [3.8, 4) is 0 Å². The van der Waals surface area contributed by atoms with E-state index in [1.807, 2.05) is 70.2 Å². The number of sulfonamides is 1. The minimum atomic E-state index is -3.80. The van der Waals surface area contributed by atoms with Crippen molar-refractivity contribution < 1.29 is 17.9 Å². The second-order valence-corrected chi connectivity index (χ2v) is 9.88. The molecule has 0 aliphatic heterocycles. The molecule has 170 valence electrons. The average Bonchev–Trinajstić information content (AvgIpc) is 3.02. The molecule has 1 heterocycles. The van der Waals surface area contributed by atoms with Crippen LogP contribution >= 0.6 is 0 Å². The van der Waals surface area contributed by atoms with Gasteiger partial charge in [-0.25, -0.2) is 13.2 Å². The number of H-pyrrole nitrogens is 1. The normalized spacial score (nSPS) is 11.7. The zero-order valence-corrected chi connectivity index (χ0v) is 20.0. The monoisotopic (exact) mass is 454 g/mol. The molecule has 1 aromatic heterocycles. The van der Waals surface area contributed by atoms with Gasteiger partial charge in [-0.3, -0.25) is 0 Å². The van der Waals surface area contributed by atoms with Crippen molar-refractivity contribution in [3.63, 3.8) is 0 Å². The maximum Gasteiger partial charge on any atom is 0.355 e. The van der Waals surface area contributed by atoms with Gasteiger partial charge in [-0.2, -0.15) is 4.31 Å². The van der Waals surface area contributed by atoms with Crippen LogP contribution in [0.15, 0.2) is 53.4 Å². The molecule has 0 aliphatic rings. The number of nitrogens with one attached hydrogen (secondary N) is 1. The van der Waals surface area contributed by atoms with Gasteiger partial charge in [0.2, 0.25) is 10.0 Å². The lowest BCUT2D eigenvalue weighted by Gasteiger charge is -2.24. The number of hydrogen-bond acceptors (Lipinski definition) is 4. The zero-order valence-electron chi connectivity index (χ0n) is 19.2. The summed E-state index contributed by atoms with van der Waals surface area (Å²) in [5.74, 6) is -0.439. The molecule has 0 bridgehead atoms. The van der Waals surface area contributed by atoms with Gasteiger partial charge < -0.3 is 9.72 Å². The van der Waals surface area contributed by atoms with Crippen molar-refractivity contribution in [2.45, 2.75) is 52.6 Å². The summed E-state index contributed by atoms with van der Waals surface area (Å²) in [5, 5.41) is 0. The van der Waals surface area contributed by atoms with E-state index in [1.54, 1.807) is 13.0 Å². The largest absolute Gasteiger partial charge is 0.461 e. The highest BCUT2D eigenvalue weighted by Crippen LogP contribution is 2.27. The van der Waals surface area contributed by atoms with Gasteiger partial charge in [0.15, 0.2) is 0 Å². The van der Waals surface area contributed by atoms with Crippen LogP contribution in [0.1, 0.15) is 50.9 Å². The predicted octanol–water partition coefficient (Wildman–Crippen LogP) is 4.82. The molecule has 0 saturated carbocycles. The van der Waals surface area contributed by atoms with Crippen LogP contribution in [0, 0.1) is 27.7 Å². The predicted molar refractivity (Wildman–Crippen MR) is 125 cm³/mol. The van der Waals surface area contributed by atoms with Crippen molar-refractivity contribution >= 4 is 16.0 Å². The minimum Gasteiger partial charge on any atom is -0.461 e. The Labute approximate surface area is 190 Å². The summed E-state index contributed by atoms with van der Waals surface area (Å²) >= 11 is 0. The Balaban J connectivity index is 2.06. The summed E-state index contributed by atoms with van der Waals surface area (Å²) < 4.78 is 34.1. The number of nitrogens with zero attached hydrogens (tertiary/aromatic N) is 1. The lowest BCUT2D eigenvalue weighted by molar-refractivity contribution is 0.0519. The third-order valence-corrected chi connectivity index (χ3v) is 7.51. The van der Waals surface area contributed by atoms with Gasteiger partial charge in [0.05, 0.1) is 11.5 Å². The number of aromatic amines is 1. The summed E-state index contributed by atoms with van der Waals surface area (Å²) in [6, 6.07) is 14.9. The summed E-state index contributed by atoms with van der Waals surface area (Å²) in [4.78, 5) is 15.7. The third-order valence-electron chi connectivity index (χ3n) is 5.56. The van der Waals surface area contributed by atoms with Crippen molar-refractivity contribution in [2.75, 3.05) is 6.61 Å². The number of carbonyl (C=O) groups is 1. The zero-order chi connectivity index (χ0) is 23.5. The second-order valence-electron chi connectivity index (χ2n) is 7.98. The molecule has 0 radical (unpaired) electrons. The van der Waals surface area contributed by atoms with Gasteiger partial charge >= 0.3 is 5.97 Å². The van der Waals surface area contributed by atoms with E-state index in [9.17, 15) is 13.2 Å². The Bertz CT molecular complexity index is 1210. The van der Waals surface area contributed by atoms with E-state index in [1.165, 1.54) is 4.31 Å². The van der Waals surface area contributed by atoms with E-state index in [0.717, 1.165) is 22.4 Å². The van der Waals surface area contributed by atoms with Crippen LogP contribution in [-0.4, -0.2) is 30.3 Å². The molecule has 6 nitrogen and oxygen atoms in total. The third kappa shape index (κ3) is 4.95. The van der Waals surface area contributed by atoms with Crippen molar-refractivity contribution in [1.29, 1.82) is 0 Å². The maximum atomic E-state index is 13.8. The lowest BCUT2D eigenvalue weighted by Crippen LogP contribution is -2.31. The fraction of sp³-hybridized carbons (Fsp3) is 0.320. The highest BCUT2D eigenvalue weighted by Gasteiger charge is 2.29. The summed E-state index contributed by atoms with van der Waals surface area (Å²) in [7, 11) is -3.80. The topological polar surface area (TPSA) is 79.5 Å². The Morgan fingerprint density at radius 2 is 1.69 bits per heavy atom. The van der Waals surface area contributed by atoms with Crippen LogP contribution in [0.3, 0.4) is 0 Å². The molecular weight excluding hydrogens is 424 g/mol.